The van der Waals surface area contributed by atoms with Crippen LogP contribution in [0, 0.1) is 5.82 Å². The van der Waals surface area contributed by atoms with Crippen LogP contribution in [0.15, 0.2) is 72.8 Å². The zero-order valence-corrected chi connectivity index (χ0v) is 21.9. The van der Waals surface area contributed by atoms with Gasteiger partial charge in [-0.1, -0.05) is 59.6 Å². The summed E-state index contributed by atoms with van der Waals surface area (Å²) in [5.41, 5.74) is 0.888. The third-order valence-corrected chi connectivity index (χ3v) is 6.04. The van der Waals surface area contributed by atoms with E-state index in [0.29, 0.717) is 21.4 Å². The highest BCUT2D eigenvalue weighted by molar-refractivity contribution is 6.36. The predicted molar refractivity (Wildman–Crippen MR) is 141 cm³/mol. The molecule has 2 amide bonds. The van der Waals surface area contributed by atoms with Crippen molar-refractivity contribution in [3.8, 4) is 5.75 Å². The molecule has 1 atom stereocenters. The fourth-order valence-electron chi connectivity index (χ4n) is 3.62. The molecule has 1 N–H and O–H groups in total. The van der Waals surface area contributed by atoms with E-state index >= 15 is 0 Å². The first-order valence-electron chi connectivity index (χ1n) is 11.5. The third-order valence-electron chi connectivity index (χ3n) is 5.34. The van der Waals surface area contributed by atoms with Gasteiger partial charge in [-0.05, 0) is 62.7 Å². The Morgan fingerprint density at radius 3 is 2.14 bits per heavy atom. The lowest BCUT2D eigenvalue weighted by Gasteiger charge is -2.34. The van der Waals surface area contributed by atoms with Gasteiger partial charge in [0, 0.05) is 34.1 Å². The number of rotatable bonds is 9. The van der Waals surface area contributed by atoms with Gasteiger partial charge in [0.25, 0.3) is 5.91 Å². The summed E-state index contributed by atoms with van der Waals surface area (Å²) in [5.74, 6) is -0.838. The van der Waals surface area contributed by atoms with Crippen LogP contribution in [0.2, 0.25) is 10.0 Å². The maximum absolute atomic E-state index is 13.6. The molecular weight excluding hydrogens is 502 g/mol. The monoisotopic (exact) mass is 530 g/mol. The van der Waals surface area contributed by atoms with Crippen LogP contribution in [0.3, 0.4) is 0 Å². The largest absolute Gasteiger partial charge is 0.484 e. The summed E-state index contributed by atoms with van der Waals surface area (Å²) in [6, 6.07) is 19.0. The Morgan fingerprint density at radius 2 is 1.56 bits per heavy atom. The molecule has 0 aliphatic rings. The maximum atomic E-state index is 13.6. The van der Waals surface area contributed by atoms with E-state index in [9.17, 15) is 14.0 Å². The molecule has 0 aromatic heterocycles. The lowest BCUT2D eigenvalue weighted by molar-refractivity contribution is -0.143. The van der Waals surface area contributed by atoms with Crippen LogP contribution in [-0.4, -0.2) is 34.9 Å². The van der Waals surface area contributed by atoms with Crippen molar-refractivity contribution >= 4 is 35.0 Å². The molecule has 36 heavy (non-hydrogen) atoms. The lowest BCUT2D eigenvalue weighted by atomic mass is 10.0. The highest BCUT2D eigenvalue weighted by Gasteiger charge is 2.33. The summed E-state index contributed by atoms with van der Waals surface area (Å²) in [6.45, 7) is 5.26. The van der Waals surface area contributed by atoms with Crippen molar-refractivity contribution in [3.63, 3.8) is 0 Å². The van der Waals surface area contributed by atoms with Gasteiger partial charge < -0.3 is 15.0 Å². The van der Waals surface area contributed by atoms with Crippen LogP contribution >= 0.6 is 23.2 Å². The number of benzene rings is 3. The quantitative estimate of drug-likeness (QED) is 0.365. The van der Waals surface area contributed by atoms with E-state index in [2.05, 4.69) is 5.32 Å². The second-order valence-corrected chi connectivity index (χ2v) is 10.2. The first-order valence-corrected chi connectivity index (χ1v) is 12.3. The van der Waals surface area contributed by atoms with Crippen molar-refractivity contribution in [1.29, 1.82) is 0 Å². The summed E-state index contributed by atoms with van der Waals surface area (Å²) in [6.07, 6.45) is 0.271. The molecule has 0 saturated carbocycles. The van der Waals surface area contributed by atoms with Crippen LogP contribution in [0.1, 0.15) is 31.9 Å². The number of halogens is 3. The normalized spacial score (nSPS) is 12.1. The molecule has 0 unspecified atom stereocenters. The van der Waals surface area contributed by atoms with E-state index in [1.807, 2.05) is 51.1 Å². The minimum Gasteiger partial charge on any atom is -0.484 e. The smallest absolute Gasteiger partial charge is 0.261 e. The van der Waals surface area contributed by atoms with Gasteiger partial charge in [0.15, 0.2) is 6.61 Å². The van der Waals surface area contributed by atoms with Gasteiger partial charge in [0.05, 0.1) is 0 Å². The van der Waals surface area contributed by atoms with E-state index in [1.54, 1.807) is 18.2 Å². The summed E-state index contributed by atoms with van der Waals surface area (Å²) in [4.78, 5) is 28.5. The third kappa shape index (κ3) is 7.97. The Morgan fingerprint density at radius 1 is 0.944 bits per heavy atom. The first-order chi connectivity index (χ1) is 17.0. The molecule has 190 valence electrons. The second kappa shape index (κ2) is 12.2. The molecule has 3 rings (SSSR count). The molecule has 0 spiro atoms. The average Bonchev–Trinajstić information content (AvgIpc) is 2.82. The zero-order chi connectivity index (χ0) is 26.3. The number of nitrogens with zero attached hydrogens (tertiary/aromatic N) is 1. The number of amides is 2. The number of ether oxygens (including phenoxy) is 1. The number of carbonyl (C=O) groups excluding carboxylic acids is 2. The number of nitrogens with one attached hydrogen (secondary N) is 1. The molecule has 0 heterocycles. The van der Waals surface area contributed by atoms with Crippen molar-refractivity contribution in [2.24, 2.45) is 0 Å². The Bertz CT molecular complexity index is 1160. The molecule has 0 fully saturated rings. The molecule has 5 nitrogen and oxygen atoms in total. The van der Waals surface area contributed by atoms with Crippen molar-refractivity contribution < 1.29 is 18.7 Å². The van der Waals surface area contributed by atoms with Crippen LogP contribution in [0.5, 0.6) is 5.75 Å². The standard InChI is InChI=1S/C28H29Cl2FN2O3/c1-28(2,3)32-27(35)25(16-19-8-5-4-6-9-19)33(17-22-23(29)10-7-11-24(22)30)26(34)18-36-21-14-12-20(31)13-15-21/h4-15,25H,16-18H2,1-3H3,(H,32,35)/t25-/m1/s1. The van der Waals surface area contributed by atoms with Gasteiger partial charge in [-0.3, -0.25) is 9.59 Å². The average molecular weight is 531 g/mol. The topological polar surface area (TPSA) is 58.6 Å². The van der Waals surface area contributed by atoms with Crippen molar-refractivity contribution in [1.82, 2.24) is 10.2 Å². The second-order valence-electron chi connectivity index (χ2n) is 9.41. The molecule has 0 radical (unpaired) electrons. The van der Waals surface area contributed by atoms with Crippen LogP contribution in [0.4, 0.5) is 4.39 Å². The van der Waals surface area contributed by atoms with Gasteiger partial charge in [-0.15, -0.1) is 0 Å². The van der Waals surface area contributed by atoms with Crippen LogP contribution in [-0.2, 0) is 22.6 Å². The predicted octanol–water partition coefficient (Wildman–Crippen LogP) is 6.07. The van der Waals surface area contributed by atoms with E-state index in [-0.39, 0.29) is 25.5 Å². The molecule has 0 bridgehead atoms. The summed E-state index contributed by atoms with van der Waals surface area (Å²) >= 11 is 12.9. The van der Waals surface area contributed by atoms with Gasteiger partial charge in [-0.2, -0.15) is 0 Å². The number of hydrogen-bond acceptors (Lipinski definition) is 3. The van der Waals surface area contributed by atoms with Gasteiger partial charge in [0.2, 0.25) is 5.91 Å². The van der Waals surface area contributed by atoms with Crippen molar-refractivity contribution in [2.45, 2.75) is 45.3 Å². The molecule has 0 aliphatic carbocycles. The van der Waals surface area contributed by atoms with Crippen molar-refractivity contribution in [2.75, 3.05) is 6.61 Å². The first kappa shape index (κ1) is 27.5. The molecule has 0 aliphatic heterocycles. The number of carbonyl (C=O) groups is 2. The Kier molecular flexibility index (Phi) is 9.35. The van der Waals surface area contributed by atoms with E-state index in [4.69, 9.17) is 27.9 Å². The van der Waals surface area contributed by atoms with E-state index in [0.717, 1.165) is 5.56 Å². The highest BCUT2D eigenvalue weighted by Crippen LogP contribution is 2.27. The molecule has 8 heteroatoms. The maximum Gasteiger partial charge on any atom is 0.261 e. The summed E-state index contributed by atoms with van der Waals surface area (Å²) in [7, 11) is 0. The zero-order valence-electron chi connectivity index (χ0n) is 20.4. The molecular formula is C28H29Cl2FN2O3. The van der Waals surface area contributed by atoms with Gasteiger partial charge in [0.1, 0.15) is 17.6 Å². The fourth-order valence-corrected chi connectivity index (χ4v) is 4.14. The lowest BCUT2D eigenvalue weighted by Crippen LogP contribution is -2.55. The summed E-state index contributed by atoms with van der Waals surface area (Å²) < 4.78 is 18.9. The fraction of sp³-hybridized carbons (Fsp3) is 0.286. The Hall–Kier alpha value is -3.09. The van der Waals surface area contributed by atoms with Crippen LogP contribution in [0.25, 0.3) is 0 Å². The minimum absolute atomic E-state index is 0.000813. The Labute approximate surface area is 221 Å². The number of hydrogen-bond donors (Lipinski definition) is 1. The molecule has 0 saturated heterocycles. The highest BCUT2D eigenvalue weighted by atomic mass is 35.5. The minimum atomic E-state index is -0.872. The van der Waals surface area contributed by atoms with Crippen molar-refractivity contribution in [3.05, 3.63) is 99.8 Å². The molecule has 3 aromatic rings. The SMILES string of the molecule is CC(C)(C)NC(=O)[C@@H](Cc1ccccc1)N(Cc1c(Cl)cccc1Cl)C(=O)COc1ccc(F)cc1. The molecule has 3 aromatic carbocycles. The Balaban J connectivity index is 1.97. The van der Waals surface area contributed by atoms with Crippen LogP contribution < -0.4 is 10.1 Å². The van der Waals surface area contributed by atoms with Gasteiger partial charge >= 0.3 is 0 Å². The summed E-state index contributed by atoms with van der Waals surface area (Å²) in [5, 5.41) is 3.76. The van der Waals surface area contributed by atoms with Gasteiger partial charge in [-0.25, -0.2) is 4.39 Å². The van der Waals surface area contributed by atoms with E-state index in [1.165, 1.54) is 29.2 Å². The van der Waals surface area contributed by atoms with E-state index < -0.39 is 23.3 Å².